The average molecular weight is 363 g/mol. The molecule has 0 atom stereocenters. The zero-order valence-electron chi connectivity index (χ0n) is 14.4. The normalized spacial score (nSPS) is 10.4. The van der Waals surface area contributed by atoms with Gasteiger partial charge in [-0.05, 0) is 49.2 Å². The zero-order chi connectivity index (χ0) is 18.6. The molecule has 0 saturated carbocycles. The molecular weight excluding hydrogens is 343 g/mol. The van der Waals surface area contributed by atoms with Gasteiger partial charge in [0.25, 0.3) is 0 Å². The van der Waals surface area contributed by atoms with Crippen LogP contribution in [0.2, 0.25) is 5.02 Å². The Bertz CT molecular complexity index is 785. The third kappa shape index (κ3) is 5.03. The van der Waals surface area contributed by atoms with E-state index in [0.29, 0.717) is 16.4 Å². The summed E-state index contributed by atoms with van der Waals surface area (Å²) < 4.78 is 13.2. The second-order valence-electron chi connectivity index (χ2n) is 5.89. The molecule has 0 fully saturated rings. The number of carbonyl (C=O) groups excluding carboxylic acids is 2. The summed E-state index contributed by atoms with van der Waals surface area (Å²) in [5, 5.41) is 3.09. The van der Waals surface area contributed by atoms with Crippen LogP contribution in [-0.4, -0.2) is 18.4 Å². The molecule has 0 aliphatic rings. The van der Waals surface area contributed by atoms with Crippen LogP contribution >= 0.6 is 11.6 Å². The Morgan fingerprint density at radius 2 is 1.92 bits per heavy atom. The molecule has 0 heterocycles. The number of anilines is 2. The van der Waals surface area contributed by atoms with Crippen LogP contribution in [0.3, 0.4) is 0 Å². The molecule has 6 heteroatoms. The van der Waals surface area contributed by atoms with Gasteiger partial charge in [0.15, 0.2) is 0 Å². The molecule has 25 heavy (non-hydrogen) atoms. The van der Waals surface area contributed by atoms with E-state index in [0.717, 1.165) is 11.1 Å². The first kappa shape index (κ1) is 18.9. The van der Waals surface area contributed by atoms with Crippen LogP contribution in [0, 0.1) is 19.7 Å². The molecule has 2 aromatic rings. The number of hydrogen-bond acceptors (Lipinski definition) is 2. The number of hydrogen-bond donors (Lipinski definition) is 1. The van der Waals surface area contributed by atoms with E-state index in [-0.39, 0.29) is 24.8 Å². The second-order valence-corrected chi connectivity index (χ2v) is 6.30. The summed E-state index contributed by atoms with van der Waals surface area (Å²) >= 11 is 6.30. The van der Waals surface area contributed by atoms with E-state index in [2.05, 4.69) is 5.32 Å². The van der Waals surface area contributed by atoms with Crippen molar-refractivity contribution in [3.63, 3.8) is 0 Å². The van der Waals surface area contributed by atoms with Gasteiger partial charge >= 0.3 is 0 Å². The van der Waals surface area contributed by atoms with Gasteiger partial charge in [-0.3, -0.25) is 9.59 Å². The van der Waals surface area contributed by atoms with Gasteiger partial charge in [0.2, 0.25) is 11.8 Å². The maximum Gasteiger partial charge on any atom is 0.226 e. The van der Waals surface area contributed by atoms with E-state index >= 15 is 0 Å². The molecule has 0 radical (unpaired) electrons. The highest BCUT2D eigenvalue weighted by atomic mass is 35.5. The first-order valence-corrected chi connectivity index (χ1v) is 8.26. The fraction of sp³-hybridized carbons (Fsp3) is 0.263. The summed E-state index contributed by atoms with van der Waals surface area (Å²) in [7, 11) is 0. The molecule has 0 saturated heterocycles. The molecule has 2 amide bonds. The van der Waals surface area contributed by atoms with E-state index in [9.17, 15) is 14.0 Å². The Labute approximate surface area is 151 Å². The Hall–Kier alpha value is -2.40. The van der Waals surface area contributed by atoms with Crippen molar-refractivity contribution in [1.82, 2.24) is 0 Å². The highest BCUT2D eigenvalue weighted by molar-refractivity contribution is 6.34. The van der Waals surface area contributed by atoms with Gasteiger partial charge in [-0.25, -0.2) is 4.39 Å². The first-order chi connectivity index (χ1) is 11.8. The van der Waals surface area contributed by atoms with Gasteiger partial charge in [0.05, 0.1) is 10.7 Å². The van der Waals surface area contributed by atoms with Gasteiger partial charge < -0.3 is 10.2 Å². The minimum Gasteiger partial charge on any atom is -0.326 e. The molecule has 2 rings (SSSR count). The van der Waals surface area contributed by atoms with Gasteiger partial charge in [0, 0.05) is 25.6 Å². The zero-order valence-corrected chi connectivity index (χ0v) is 15.2. The highest BCUT2D eigenvalue weighted by Crippen LogP contribution is 2.31. The summed E-state index contributed by atoms with van der Waals surface area (Å²) in [6.45, 7) is 5.41. The number of carbonyl (C=O) groups is 2. The van der Waals surface area contributed by atoms with E-state index in [1.54, 1.807) is 12.1 Å². The lowest BCUT2D eigenvalue weighted by molar-refractivity contribution is -0.117. The predicted molar refractivity (Wildman–Crippen MR) is 98.6 cm³/mol. The molecule has 0 aliphatic carbocycles. The Balaban J connectivity index is 2.10. The predicted octanol–water partition coefficient (Wildman–Crippen LogP) is 4.48. The summed E-state index contributed by atoms with van der Waals surface area (Å²) in [6, 6.07) is 9.38. The molecule has 132 valence electrons. The third-order valence-electron chi connectivity index (χ3n) is 3.72. The minimum atomic E-state index is -0.426. The second kappa shape index (κ2) is 8.12. The van der Waals surface area contributed by atoms with E-state index in [1.807, 2.05) is 19.9 Å². The van der Waals surface area contributed by atoms with E-state index in [1.165, 1.54) is 30.0 Å². The van der Waals surface area contributed by atoms with Crippen molar-refractivity contribution in [3.8, 4) is 0 Å². The smallest absolute Gasteiger partial charge is 0.226 e. The number of nitrogens with one attached hydrogen (secondary N) is 1. The summed E-state index contributed by atoms with van der Waals surface area (Å²) in [6.07, 6.45) is 0.0692. The number of halogens is 2. The lowest BCUT2D eigenvalue weighted by Crippen LogP contribution is -2.32. The lowest BCUT2D eigenvalue weighted by Gasteiger charge is -2.24. The van der Waals surface area contributed by atoms with Crippen molar-refractivity contribution in [2.24, 2.45) is 0 Å². The highest BCUT2D eigenvalue weighted by Gasteiger charge is 2.19. The molecular formula is C19H20ClFN2O2. The Morgan fingerprint density at radius 1 is 1.20 bits per heavy atom. The van der Waals surface area contributed by atoms with Crippen LogP contribution < -0.4 is 10.2 Å². The molecule has 0 unspecified atom stereocenters. The number of amides is 2. The third-order valence-corrected chi connectivity index (χ3v) is 4.01. The SMILES string of the molecule is CC(=O)N(CCC(=O)Nc1cccc(F)c1)c1c(C)cc(C)cc1Cl. The van der Waals surface area contributed by atoms with Crippen molar-refractivity contribution >= 4 is 34.8 Å². The van der Waals surface area contributed by atoms with Crippen molar-refractivity contribution < 1.29 is 14.0 Å². The fourth-order valence-electron chi connectivity index (χ4n) is 2.68. The van der Waals surface area contributed by atoms with Crippen LogP contribution in [0.15, 0.2) is 36.4 Å². The van der Waals surface area contributed by atoms with Gasteiger partial charge in [0.1, 0.15) is 5.82 Å². The van der Waals surface area contributed by atoms with Crippen molar-refractivity contribution in [3.05, 3.63) is 58.4 Å². The van der Waals surface area contributed by atoms with Crippen molar-refractivity contribution in [2.75, 3.05) is 16.8 Å². The molecule has 0 aromatic heterocycles. The van der Waals surface area contributed by atoms with Crippen LogP contribution in [-0.2, 0) is 9.59 Å². The minimum absolute atomic E-state index is 0.0692. The lowest BCUT2D eigenvalue weighted by atomic mass is 10.1. The van der Waals surface area contributed by atoms with E-state index < -0.39 is 5.82 Å². The van der Waals surface area contributed by atoms with Crippen LogP contribution in [0.25, 0.3) is 0 Å². The molecule has 2 aromatic carbocycles. The standard InChI is InChI=1S/C19H20ClFN2O2/c1-12-9-13(2)19(17(20)10-12)23(14(3)24)8-7-18(25)22-16-6-4-5-15(21)11-16/h4-6,9-11H,7-8H2,1-3H3,(H,22,25). The molecule has 0 spiro atoms. The topological polar surface area (TPSA) is 49.4 Å². The largest absolute Gasteiger partial charge is 0.326 e. The Kier molecular flexibility index (Phi) is 6.15. The van der Waals surface area contributed by atoms with Crippen molar-refractivity contribution in [2.45, 2.75) is 27.2 Å². The quantitative estimate of drug-likeness (QED) is 0.852. The van der Waals surface area contributed by atoms with Crippen LogP contribution in [0.1, 0.15) is 24.5 Å². The summed E-state index contributed by atoms with van der Waals surface area (Å²) in [5.74, 6) is -0.935. The summed E-state index contributed by atoms with van der Waals surface area (Å²) in [4.78, 5) is 25.6. The van der Waals surface area contributed by atoms with Gasteiger partial charge in [-0.2, -0.15) is 0 Å². The molecule has 4 nitrogen and oxygen atoms in total. The van der Waals surface area contributed by atoms with Crippen molar-refractivity contribution in [1.29, 1.82) is 0 Å². The maximum absolute atomic E-state index is 13.2. The Morgan fingerprint density at radius 3 is 2.52 bits per heavy atom. The maximum atomic E-state index is 13.2. The number of nitrogens with zero attached hydrogens (tertiary/aromatic N) is 1. The fourth-order valence-corrected chi connectivity index (χ4v) is 3.10. The van der Waals surface area contributed by atoms with Gasteiger partial charge in [-0.1, -0.05) is 23.7 Å². The van der Waals surface area contributed by atoms with Gasteiger partial charge in [-0.15, -0.1) is 0 Å². The van der Waals surface area contributed by atoms with Crippen LogP contribution in [0.5, 0.6) is 0 Å². The number of benzene rings is 2. The van der Waals surface area contributed by atoms with Crippen LogP contribution in [0.4, 0.5) is 15.8 Å². The molecule has 0 bridgehead atoms. The first-order valence-electron chi connectivity index (χ1n) is 7.88. The monoisotopic (exact) mass is 362 g/mol. The number of rotatable bonds is 5. The molecule has 1 N–H and O–H groups in total. The average Bonchev–Trinajstić information content (AvgIpc) is 2.49. The molecule has 0 aliphatic heterocycles. The summed E-state index contributed by atoms with van der Waals surface area (Å²) in [5.41, 5.74) is 2.85. The van der Waals surface area contributed by atoms with E-state index in [4.69, 9.17) is 11.6 Å². The number of aryl methyl sites for hydroxylation is 2.